The van der Waals surface area contributed by atoms with E-state index >= 15 is 8.78 Å². The molecule has 350 valence electrons. The molecule has 2 aliphatic heterocycles. The fourth-order valence-corrected chi connectivity index (χ4v) is 11.4. The highest BCUT2D eigenvalue weighted by molar-refractivity contribution is 6.13. The first-order valence-corrected chi connectivity index (χ1v) is 22.0. The molecule has 2 aromatic rings. The number of anilines is 1. The Morgan fingerprint density at radius 2 is 1.71 bits per heavy atom. The lowest BCUT2D eigenvalue weighted by Gasteiger charge is -2.63. The number of nitrogens with zero attached hydrogens (tertiary/aromatic N) is 1. The van der Waals surface area contributed by atoms with E-state index < -0.39 is 112 Å². The summed E-state index contributed by atoms with van der Waals surface area (Å²) in [4.78, 5) is 76.4. The van der Waals surface area contributed by atoms with Gasteiger partial charge in [-0.3, -0.25) is 33.7 Å². The molecule has 6 aliphatic rings. The molecule has 0 bridgehead atoms. The first kappa shape index (κ1) is 46.6. The van der Waals surface area contributed by atoms with Crippen molar-refractivity contribution in [3.63, 3.8) is 0 Å². The minimum Gasteiger partial charge on any atom is -0.504 e. The number of nitrogens with one attached hydrogen (secondary N) is 2. The second kappa shape index (κ2) is 17.1. The highest BCUT2D eigenvalue weighted by Crippen LogP contribution is 2.73. The van der Waals surface area contributed by atoms with Crippen LogP contribution in [0.3, 0.4) is 0 Å². The third-order valence-electron chi connectivity index (χ3n) is 14.9. The second-order valence-corrected chi connectivity index (χ2v) is 18.8. The number of aromatic hydroxyl groups is 1. The highest BCUT2D eigenvalue weighted by atomic mass is 19.1. The van der Waals surface area contributed by atoms with Crippen LogP contribution in [0.2, 0.25) is 0 Å². The number of phenolic OH excluding ortho intramolecular Hbond substituents is 1. The molecule has 5 N–H and O–H groups in total. The first-order valence-electron chi connectivity index (χ1n) is 22.0. The number of carbonyl (C=O) groups excluding carboxylic acids is 6. The number of amides is 4. The Kier molecular flexibility index (Phi) is 12.1. The number of fused-ring (bicyclic) bond motifs is 7. The number of rotatable bonds is 14. The van der Waals surface area contributed by atoms with Gasteiger partial charge in [-0.15, -0.1) is 0 Å². The van der Waals surface area contributed by atoms with Gasteiger partial charge >= 0.3 is 0 Å². The van der Waals surface area contributed by atoms with Crippen molar-refractivity contribution in [3.05, 3.63) is 96.1 Å². The molecule has 15 nitrogen and oxygen atoms in total. The molecule has 4 aliphatic carbocycles. The van der Waals surface area contributed by atoms with Crippen molar-refractivity contribution in [1.82, 2.24) is 10.2 Å². The molecule has 8 rings (SSSR count). The van der Waals surface area contributed by atoms with Crippen molar-refractivity contribution >= 4 is 40.9 Å². The smallest absolute Gasteiger partial charge is 0.253 e. The molecule has 0 aromatic heterocycles. The molecule has 3 saturated carbocycles. The molecule has 4 fully saturated rings. The maximum absolute atomic E-state index is 17.8. The summed E-state index contributed by atoms with van der Waals surface area (Å²) < 4.78 is 52.7. The summed E-state index contributed by atoms with van der Waals surface area (Å²) in [5.74, 6) is -5.57. The summed E-state index contributed by atoms with van der Waals surface area (Å²) in [6.45, 7) is 9.19. The van der Waals surface area contributed by atoms with E-state index in [0.717, 1.165) is 17.1 Å². The molecular formula is C49H53F2N3O12. The molecule has 0 unspecified atom stereocenters. The number of halogens is 2. The largest absolute Gasteiger partial charge is 0.504 e. The van der Waals surface area contributed by atoms with Crippen LogP contribution in [-0.2, 0) is 38.2 Å². The molecule has 17 heteroatoms. The normalized spacial score (nSPS) is 33.8. The van der Waals surface area contributed by atoms with E-state index in [1.165, 1.54) is 19.1 Å². The monoisotopic (exact) mass is 913 g/mol. The average Bonchev–Trinajstić information content (AvgIpc) is 3.90. The minimum atomic E-state index is -2.29. The van der Waals surface area contributed by atoms with Gasteiger partial charge in [0, 0.05) is 65.5 Å². The lowest BCUT2D eigenvalue weighted by molar-refractivity contribution is -0.235. The first-order chi connectivity index (χ1) is 31.2. The summed E-state index contributed by atoms with van der Waals surface area (Å²) in [5, 5.41) is 38.5. The van der Waals surface area contributed by atoms with Crippen molar-refractivity contribution in [2.75, 3.05) is 18.5 Å². The maximum Gasteiger partial charge on any atom is 0.253 e. The fraction of sp³-hybridized carbons (Fsp3) is 0.469. The Morgan fingerprint density at radius 1 is 1.02 bits per heavy atom. The lowest BCUT2D eigenvalue weighted by atomic mass is 9.44. The Labute approximate surface area is 379 Å². The van der Waals surface area contributed by atoms with Crippen LogP contribution in [-0.4, -0.2) is 104 Å². The molecule has 2 aromatic carbocycles. The number of imide groups is 1. The molecular weight excluding hydrogens is 861 g/mol. The number of alkyl halides is 2. The lowest BCUT2D eigenvalue weighted by Crippen LogP contribution is -2.70. The van der Waals surface area contributed by atoms with Crippen LogP contribution in [0.5, 0.6) is 17.2 Å². The Hall–Kier alpha value is -5.88. The van der Waals surface area contributed by atoms with E-state index in [2.05, 4.69) is 17.2 Å². The average molecular weight is 914 g/mol. The summed E-state index contributed by atoms with van der Waals surface area (Å²) >= 11 is 0. The number of benzene rings is 2. The van der Waals surface area contributed by atoms with Gasteiger partial charge in [-0.05, 0) is 92.6 Å². The standard InChI is InChI=1S/C49H53F2N3O12/c1-25-14-16-46(4)33(18-25)34(50)21-32-31-22-40-49(39(59)24-55,47(31,5)23-38(58)48(32,46)51)66-45(65-40)28-6-11-37(36(57)20-28)64-30-9-7-29(8-10-30)53-44(63)26(2)19-35(56)27(3)52-41(60)15-17-54-42(61)12-13-43(54)62/h6-14,16,18,20,26-27,31-32,34,38,40,45,55,57-58H,1,15,17,19,21-24H2,2-5H3,(H,52,60)(H,53,63)/t26-,27+,31+,32+,34+,38+,40-,45-,46+,47+,48+,49-/m1/s1. The van der Waals surface area contributed by atoms with Gasteiger partial charge in [-0.25, -0.2) is 8.78 Å². The predicted octanol–water partition coefficient (Wildman–Crippen LogP) is 5.17. The molecule has 4 amide bonds. The van der Waals surface area contributed by atoms with Crippen molar-refractivity contribution in [3.8, 4) is 17.2 Å². The Bertz CT molecular complexity index is 2470. The predicted molar refractivity (Wildman–Crippen MR) is 232 cm³/mol. The summed E-state index contributed by atoms with van der Waals surface area (Å²) in [5.41, 5.74) is -5.42. The topological polar surface area (TPSA) is 218 Å². The van der Waals surface area contributed by atoms with Crippen molar-refractivity contribution in [2.45, 2.75) is 102 Å². The molecule has 12 atom stereocenters. The third kappa shape index (κ3) is 7.49. The Morgan fingerprint density at radius 3 is 2.38 bits per heavy atom. The van der Waals surface area contributed by atoms with Crippen LogP contribution in [0.4, 0.5) is 14.5 Å². The molecule has 1 saturated heterocycles. The molecule has 0 spiro atoms. The zero-order valence-electron chi connectivity index (χ0n) is 36.9. The summed E-state index contributed by atoms with van der Waals surface area (Å²) in [6.07, 6.45) is 0.882. The summed E-state index contributed by atoms with van der Waals surface area (Å²) in [7, 11) is 0. The van der Waals surface area contributed by atoms with E-state index in [0.29, 0.717) is 16.8 Å². The molecule has 2 heterocycles. The van der Waals surface area contributed by atoms with Gasteiger partial charge in [0.05, 0.1) is 18.2 Å². The van der Waals surface area contributed by atoms with Crippen LogP contribution in [0, 0.1) is 28.6 Å². The van der Waals surface area contributed by atoms with Gasteiger partial charge in [0.25, 0.3) is 11.8 Å². The van der Waals surface area contributed by atoms with Crippen molar-refractivity contribution < 1.29 is 67.1 Å². The number of ketones is 2. The number of ether oxygens (including phenoxy) is 3. The van der Waals surface area contributed by atoms with Crippen molar-refractivity contribution in [1.29, 1.82) is 0 Å². The Balaban J connectivity index is 0.882. The quantitative estimate of drug-likeness (QED) is 0.155. The van der Waals surface area contributed by atoms with Crippen LogP contribution in [0.15, 0.2) is 90.6 Å². The number of phenols is 1. The van der Waals surface area contributed by atoms with E-state index in [4.69, 9.17) is 14.2 Å². The number of allylic oxidation sites excluding steroid dienone is 5. The number of aliphatic hydroxyl groups is 2. The zero-order valence-corrected chi connectivity index (χ0v) is 36.9. The van der Waals surface area contributed by atoms with Crippen LogP contribution >= 0.6 is 0 Å². The number of Topliss-reactive ketones (excluding diaryl/α,β-unsaturated/α-hetero) is 2. The second-order valence-electron chi connectivity index (χ2n) is 18.8. The highest BCUT2D eigenvalue weighted by Gasteiger charge is 2.80. The maximum atomic E-state index is 17.8. The van der Waals surface area contributed by atoms with Gasteiger partial charge < -0.3 is 40.2 Å². The van der Waals surface area contributed by atoms with Gasteiger partial charge in [0.15, 0.2) is 40.6 Å². The SMILES string of the molecule is C=C1C=C[C@@]2(C)C(=C1)[C@@H](F)C[C@H]1[C@@H]3C[C@H]4O[C@@H](c5ccc(Oc6ccc(NC(=O)[C@H](C)CC(=O)[C@H](C)NC(=O)CCN7C(=O)C=CC7=O)cc6)c(O)c5)O[C@@]4(C(=O)CO)[C@@]3(C)C[C@H](O)[C@@]12F. The van der Waals surface area contributed by atoms with E-state index in [9.17, 15) is 44.1 Å². The van der Waals surface area contributed by atoms with Gasteiger partial charge in [0.2, 0.25) is 11.8 Å². The van der Waals surface area contributed by atoms with Crippen LogP contribution in [0.25, 0.3) is 0 Å². The number of aliphatic hydroxyl groups excluding tert-OH is 2. The van der Waals surface area contributed by atoms with Gasteiger partial charge in [-0.2, -0.15) is 0 Å². The molecule has 66 heavy (non-hydrogen) atoms. The molecule has 0 radical (unpaired) electrons. The number of hydrogen-bond donors (Lipinski definition) is 5. The van der Waals surface area contributed by atoms with Crippen molar-refractivity contribution in [2.24, 2.45) is 28.6 Å². The minimum absolute atomic E-state index is 0.0419. The fourth-order valence-electron chi connectivity index (χ4n) is 11.4. The van der Waals surface area contributed by atoms with Gasteiger partial charge in [-0.1, -0.05) is 38.7 Å². The van der Waals surface area contributed by atoms with E-state index in [-0.39, 0.29) is 61.5 Å². The summed E-state index contributed by atoms with van der Waals surface area (Å²) in [6, 6.07) is 9.65. The van der Waals surface area contributed by atoms with Crippen LogP contribution in [0.1, 0.15) is 71.7 Å². The van der Waals surface area contributed by atoms with Crippen LogP contribution < -0.4 is 15.4 Å². The zero-order chi connectivity index (χ0) is 47.7. The number of hydrogen-bond acceptors (Lipinski definition) is 12. The number of carbonyl (C=O) groups is 6. The van der Waals surface area contributed by atoms with E-state index in [1.54, 1.807) is 69.3 Å². The third-order valence-corrected chi connectivity index (χ3v) is 14.9. The van der Waals surface area contributed by atoms with E-state index in [1.807, 2.05) is 0 Å². The van der Waals surface area contributed by atoms with Gasteiger partial charge in [0.1, 0.15) is 18.5 Å².